The van der Waals surface area contributed by atoms with Crippen molar-refractivity contribution in [3.63, 3.8) is 0 Å². The second-order valence-electron chi connectivity index (χ2n) is 2.20. The first kappa shape index (κ1) is 3.67. The molecule has 0 bridgehead atoms. The van der Waals surface area contributed by atoms with E-state index in [2.05, 4.69) is 12.2 Å². The highest BCUT2D eigenvalue weighted by atomic mass is 16.5. The fourth-order valence-electron chi connectivity index (χ4n) is 1.15. The molecule has 1 aliphatic carbocycles. The van der Waals surface area contributed by atoms with Gasteiger partial charge >= 0.3 is 0 Å². The van der Waals surface area contributed by atoms with Crippen molar-refractivity contribution in [2.75, 3.05) is 6.61 Å². The smallest absolute Gasteiger partial charge is 0.0694 e. The Morgan fingerprint density at radius 3 is 2.86 bits per heavy atom. The van der Waals surface area contributed by atoms with Crippen LogP contribution in [0.1, 0.15) is 6.42 Å². The van der Waals surface area contributed by atoms with Crippen molar-refractivity contribution in [3.8, 4) is 0 Å². The van der Waals surface area contributed by atoms with E-state index in [9.17, 15) is 0 Å². The van der Waals surface area contributed by atoms with Crippen LogP contribution in [0.4, 0.5) is 0 Å². The lowest BCUT2D eigenvalue weighted by atomic mass is 10.0. The van der Waals surface area contributed by atoms with Crippen LogP contribution < -0.4 is 0 Å². The second kappa shape index (κ2) is 1.10. The maximum absolute atomic E-state index is 5.19. The standard InChI is InChI=1S/C6H8O/c1-2-5-4-7-6(5)3-1/h1-2,5-6H,3-4H2/t5-,6-/m1/s1. The highest BCUT2D eigenvalue weighted by molar-refractivity contribution is 5.06. The predicted molar refractivity (Wildman–Crippen MR) is 27.0 cm³/mol. The van der Waals surface area contributed by atoms with E-state index in [0.29, 0.717) is 6.10 Å². The van der Waals surface area contributed by atoms with Crippen molar-refractivity contribution in [1.82, 2.24) is 0 Å². The van der Waals surface area contributed by atoms with Gasteiger partial charge in [0.15, 0.2) is 0 Å². The van der Waals surface area contributed by atoms with Crippen LogP contribution in [-0.4, -0.2) is 12.7 Å². The molecule has 0 aromatic carbocycles. The molecule has 1 heterocycles. The summed E-state index contributed by atoms with van der Waals surface area (Å²) in [5, 5.41) is 0. The molecule has 2 atom stereocenters. The largest absolute Gasteiger partial charge is 0.376 e. The summed E-state index contributed by atoms with van der Waals surface area (Å²) in [6.45, 7) is 0.973. The van der Waals surface area contributed by atoms with Gasteiger partial charge in [-0.05, 0) is 6.42 Å². The third kappa shape index (κ3) is 0.361. The van der Waals surface area contributed by atoms with Gasteiger partial charge in [0, 0.05) is 5.92 Å². The van der Waals surface area contributed by atoms with Crippen LogP contribution in [0.3, 0.4) is 0 Å². The molecule has 0 aromatic heterocycles. The number of hydrogen-bond donors (Lipinski definition) is 0. The lowest BCUT2D eigenvalue weighted by molar-refractivity contribution is -0.0819. The summed E-state index contributed by atoms with van der Waals surface area (Å²) >= 11 is 0. The highest BCUT2D eigenvalue weighted by Gasteiger charge is 2.31. The van der Waals surface area contributed by atoms with Crippen LogP contribution in [-0.2, 0) is 4.74 Å². The summed E-state index contributed by atoms with van der Waals surface area (Å²) in [5.74, 6) is 0.792. The Balaban J connectivity index is 2.14. The highest BCUT2D eigenvalue weighted by Crippen LogP contribution is 2.29. The van der Waals surface area contributed by atoms with E-state index in [1.54, 1.807) is 0 Å². The summed E-state index contributed by atoms with van der Waals surface area (Å²) < 4.78 is 5.19. The maximum Gasteiger partial charge on any atom is 0.0694 e. The normalized spacial score (nSPS) is 45.7. The minimum Gasteiger partial charge on any atom is -0.376 e. The SMILES string of the molecule is C1=C[C@@H]2CO[C@@H]2C1. The first-order valence-corrected chi connectivity index (χ1v) is 2.75. The Morgan fingerprint density at radius 2 is 2.57 bits per heavy atom. The summed E-state index contributed by atoms with van der Waals surface area (Å²) in [6.07, 6.45) is 6.21. The molecule has 1 aliphatic heterocycles. The number of hydrogen-bond acceptors (Lipinski definition) is 1. The second-order valence-corrected chi connectivity index (χ2v) is 2.20. The molecule has 1 fully saturated rings. The van der Waals surface area contributed by atoms with Gasteiger partial charge < -0.3 is 4.74 Å². The minimum absolute atomic E-state index is 0.583. The molecule has 2 aliphatic rings. The van der Waals surface area contributed by atoms with Gasteiger partial charge in [-0.15, -0.1) is 0 Å². The minimum atomic E-state index is 0.583. The van der Waals surface area contributed by atoms with Crippen molar-refractivity contribution < 1.29 is 4.74 Å². The third-order valence-electron chi connectivity index (χ3n) is 1.73. The lowest BCUT2D eigenvalue weighted by Crippen LogP contribution is -2.34. The lowest BCUT2D eigenvalue weighted by Gasteiger charge is -2.29. The van der Waals surface area contributed by atoms with Gasteiger partial charge in [0.2, 0.25) is 0 Å². The van der Waals surface area contributed by atoms with Crippen LogP contribution >= 0.6 is 0 Å². The van der Waals surface area contributed by atoms with E-state index in [1.807, 2.05) is 0 Å². The quantitative estimate of drug-likeness (QED) is 0.408. The van der Waals surface area contributed by atoms with Crippen molar-refractivity contribution in [2.45, 2.75) is 12.5 Å². The zero-order valence-corrected chi connectivity index (χ0v) is 4.13. The van der Waals surface area contributed by atoms with Gasteiger partial charge in [0.25, 0.3) is 0 Å². The van der Waals surface area contributed by atoms with E-state index < -0.39 is 0 Å². The van der Waals surface area contributed by atoms with Gasteiger partial charge in [-0.2, -0.15) is 0 Å². The predicted octanol–water partition coefficient (Wildman–Crippen LogP) is 0.961. The van der Waals surface area contributed by atoms with Gasteiger partial charge in [-0.25, -0.2) is 0 Å². The van der Waals surface area contributed by atoms with Crippen molar-refractivity contribution in [3.05, 3.63) is 12.2 Å². The van der Waals surface area contributed by atoms with E-state index in [1.165, 1.54) is 0 Å². The number of rotatable bonds is 0. The zero-order chi connectivity index (χ0) is 4.69. The van der Waals surface area contributed by atoms with Crippen LogP contribution in [0, 0.1) is 5.92 Å². The molecule has 1 heteroatoms. The average molecular weight is 96.1 g/mol. The molecule has 0 aromatic rings. The number of fused-ring (bicyclic) bond motifs is 1. The Bertz CT molecular complexity index is 107. The molecule has 2 rings (SSSR count). The van der Waals surface area contributed by atoms with Gasteiger partial charge in [-0.1, -0.05) is 12.2 Å². The van der Waals surface area contributed by atoms with Gasteiger partial charge in [-0.3, -0.25) is 0 Å². The van der Waals surface area contributed by atoms with Gasteiger partial charge in [0.05, 0.1) is 12.7 Å². The summed E-state index contributed by atoms with van der Waals surface area (Å²) in [5.41, 5.74) is 0. The summed E-state index contributed by atoms with van der Waals surface area (Å²) in [7, 11) is 0. The third-order valence-corrected chi connectivity index (χ3v) is 1.73. The molecule has 0 saturated carbocycles. The van der Waals surface area contributed by atoms with E-state index in [4.69, 9.17) is 4.74 Å². The van der Waals surface area contributed by atoms with Crippen molar-refractivity contribution in [1.29, 1.82) is 0 Å². The average Bonchev–Trinajstić information content (AvgIpc) is 1.85. The molecule has 0 N–H and O–H groups in total. The van der Waals surface area contributed by atoms with Crippen LogP contribution in [0.25, 0.3) is 0 Å². The molecule has 7 heavy (non-hydrogen) atoms. The van der Waals surface area contributed by atoms with Crippen molar-refractivity contribution in [2.24, 2.45) is 5.92 Å². The summed E-state index contributed by atoms with van der Waals surface area (Å²) in [6, 6.07) is 0. The molecule has 1 saturated heterocycles. The van der Waals surface area contributed by atoms with Gasteiger partial charge in [0.1, 0.15) is 0 Å². The molecule has 0 unspecified atom stereocenters. The fraction of sp³-hybridized carbons (Fsp3) is 0.667. The van der Waals surface area contributed by atoms with E-state index in [0.717, 1.165) is 18.9 Å². The fourth-order valence-corrected chi connectivity index (χ4v) is 1.15. The molecule has 0 spiro atoms. The Morgan fingerprint density at radius 1 is 1.57 bits per heavy atom. The zero-order valence-electron chi connectivity index (χ0n) is 4.13. The molecule has 38 valence electrons. The van der Waals surface area contributed by atoms with Crippen LogP contribution in [0.2, 0.25) is 0 Å². The van der Waals surface area contributed by atoms with E-state index in [-0.39, 0.29) is 0 Å². The van der Waals surface area contributed by atoms with Crippen molar-refractivity contribution >= 4 is 0 Å². The number of ether oxygens (including phenoxy) is 1. The molecular weight excluding hydrogens is 88.1 g/mol. The molecule has 0 amide bonds. The van der Waals surface area contributed by atoms with Crippen LogP contribution in [0.5, 0.6) is 0 Å². The topological polar surface area (TPSA) is 9.23 Å². The molecular formula is C6H8O. The monoisotopic (exact) mass is 96.1 g/mol. The molecule has 0 radical (unpaired) electrons. The Kier molecular flexibility index (Phi) is 0.577. The first-order chi connectivity index (χ1) is 3.47. The molecule has 1 nitrogen and oxygen atoms in total. The van der Waals surface area contributed by atoms with E-state index >= 15 is 0 Å². The Hall–Kier alpha value is -0.300. The van der Waals surface area contributed by atoms with Crippen LogP contribution in [0.15, 0.2) is 12.2 Å². The maximum atomic E-state index is 5.19. The first-order valence-electron chi connectivity index (χ1n) is 2.75. The summed E-state index contributed by atoms with van der Waals surface area (Å²) in [4.78, 5) is 0. The Labute approximate surface area is 43.0 Å².